The quantitative estimate of drug-likeness (QED) is 0.501. The topological polar surface area (TPSA) is 17.1 Å². The Morgan fingerprint density at radius 1 is 1.62 bits per heavy atom. The highest BCUT2D eigenvalue weighted by atomic mass is 79.9. The van der Waals surface area contributed by atoms with Crippen LogP contribution in [0.15, 0.2) is 23.1 Å². The predicted molar refractivity (Wildman–Crippen MR) is 60.8 cm³/mol. The lowest BCUT2D eigenvalue weighted by atomic mass is 9.98. The molecule has 0 fully saturated rings. The molecule has 1 nitrogen and oxygen atoms in total. The number of carbonyl (C=O) groups excluding carboxylic acids is 1. The van der Waals surface area contributed by atoms with Crippen LogP contribution in [0.3, 0.4) is 0 Å². The summed E-state index contributed by atoms with van der Waals surface area (Å²) in [7, 11) is 0. The second kappa shape index (κ2) is 4.82. The fraction of sp³-hybridized carbons (Fsp3) is 0.300. The van der Waals surface area contributed by atoms with Crippen molar-refractivity contribution in [3.63, 3.8) is 0 Å². The molecule has 1 rings (SSSR count). The van der Waals surface area contributed by atoms with Crippen molar-refractivity contribution in [1.29, 1.82) is 0 Å². The van der Waals surface area contributed by atoms with Crippen molar-refractivity contribution in [3.8, 4) is 0 Å². The summed E-state index contributed by atoms with van der Waals surface area (Å²) < 4.78 is 0. The molecular weight excluding hydrogens is 248 g/mol. The Morgan fingerprint density at radius 3 is 2.85 bits per heavy atom. The summed E-state index contributed by atoms with van der Waals surface area (Å²) >= 11 is 7.63. The van der Waals surface area contributed by atoms with Crippen LogP contribution in [-0.4, -0.2) is 6.29 Å². The van der Waals surface area contributed by atoms with Gasteiger partial charge in [-0.2, -0.15) is 0 Å². The van der Waals surface area contributed by atoms with Gasteiger partial charge in [-0.25, -0.2) is 0 Å². The average molecular weight is 259 g/mol. The Morgan fingerprint density at radius 2 is 2.31 bits per heavy atom. The third-order valence-corrected chi connectivity index (χ3v) is 2.85. The summed E-state index contributed by atoms with van der Waals surface area (Å²) in [6, 6.07) is 5.87. The molecule has 0 amide bonds. The first-order chi connectivity index (χ1) is 6.19. The number of benzene rings is 1. The number of alkyl halides is 1. The van der Waals surface area contributed by atoms with Crippen LogP contribution in [0.2, 0.25) is 0 Å². The molecular formula is C10H11BrOS. The molecule has 1 aromatic rings. The van der Waals surface area contributed by atoms with Gasteiger partial charge < -0.3 is 4.79 Å². The zero-order chi connectivity index (χ0) is 9.84. The SMILES string of the molecule is CC(C=O)c1cc(S)ccc1CBr. The molecule has 1 unspecified atom stereocenters. The van der Waals surface area contributed by atoms with Crippen LogP contribution in [0.25, 0.3) is 0 Å². The Balaban J connectivity index is 3.14. The average Bonchev–Trinajstić information content (AvgIpc) is 2.16. The Kier molecular flexibility index (Phi) is 4.00. The molecule has 0 aromatic heterocycles. The third kappa shape index (κ3) is 2.58. The molecule has 0 aliphatic heterocycles. The lowest BCUT2D eigenvalue weighted by Crippen LogP contribution is -1.98. The summed E-state index contributed by atoms with van der Waals surface area (Å²) in [4.78, 5) is 11.5. The molecule has 0 N–H and O–H groups in total. The summed E-state index contributed by atoms with van der Waals surface area (Å²) in [5.74, 6) is -0.0559. The molecule has 0 spiro atoms. The van der Waals surface area contributed by atoms with Crippen LogP contribution < -0.4 is 0 Å². The van der Waals surface area contributed by atoms with Gasteiger partial charge in [-0.05, 0) is 23.3 Å². The van der Waals surface area contributed by atoms with Gasteiger partial charge in [-0.3, -0.25) is 0 Å². The van der Waals surface area contributed by atoms with E-state index in [9.17, 15) is 4.79 Å². The number of halogens is 1. The molecule has 0 saturated heterocycles. The van der Waals surface area contributed by atoms with E-state index in [1.165, 1.54) is 0 Å². The standard InChI is InChI=1S/C10H11BrOS/c1-7(6-12)10-4-9(13)3-2-8(10)5-11/h2-4,6-7,13H,5H2,1H3. The number of carbonyl (C=O) groups is 1. The molecule has 0 aliphatic rings. The van der Waals surface area contributed by atoms with Crippen molar-refractivity contribution in [2.24, 2.45) is 0 Å². The number of hydrogen-bond acceptors (Lipinski definition) is 2. The van der Waals surface area contributed by atoms with Gasteiger partial charge in [0.05, 0.1) is 0 Å². The highest BCUT2D eigenvalue weighted by Gasteiger charge is 2.08. The lowest BCUT2D eigenvalue weighted by Gasteiger charge is -2.10. The minimum absolute atomic E-state index is 0.0559. The molecule has 0 radical (unpaired) electrons. The third-order valence-electron chi connectivity index (χ3n) is 1.97. The van der Waals surface area contributed by atoms with E-state index in [0.29, 0.717) is 0 Å². The second-order valence-corrected chi connectivity index (χ2v) is 4.02. The highest BCUT2D eigenvalue weighted by molar-refractivity contribution is 9.08. The van der Waals surface area contributed by atoms with Crippen LogP contribution in [-0.2, 0) is 10.1 Å². The minimum atomic E-state index is -0.0559. The number of hydrogen-bond donors (Lipinski definition) is 1. The summed E-state index contributed by atoms with van der Waals surface area (Å²) in [6.07, 6.45) is 0.953. The Hall–Kier alpha value is -0.280. The predicted octanol–water partition coefficient (Wildman–Crippen LogP) is 3.17. The maximum Gasteiger partial charge on any atom is 0.127 e. The van der Waals surface area contributed by atoms with Gasteiger partial charge in [0.15, 0.2) is 0 Å². The van der Waals surface area contributed by atoms with E-state index in [1.807, 2.05) is 25.1 Å². The van der Waals surface area contributed by atoms with Crippen LogP contribution in [0.1, 0.15) is 24.0 Å². The molecule has 3 heteroatoms. The van der Waals surface area contributed by atoms with Gasteiger partial charge in [-0.1, -0.05) is 28.9 Å². The maximum absolute atomic E-state index is 10.6. The summed E-state index contributed by atoms with van der Waals surface area (Å²) in [6.45, 7) is 1.89. The first-order valence-corrected chi connectivity index (χ1v) is 5.59. The summed E-state index contributed by atoms with van der Waals surface area (Å²) in [5.41, 5.74) is 2.21. The summed E-state index contributed by atoms with van der Waals surface area (Å²) in [5, 5.41) is 0.772. The Labute approximate surface area is 92.1 Å². The van der Waals surface area contributed by atoms with E-state index in [0.717, 1.165) is 27.6 Å². The fourth-order valence-corrected chi connectivity index (χ4v) is 1.93. The highest BCUT2D eigenvalue weighted by Crippen LogP contribution is 2.23. The van der Waals surface area contributed by atoms with E-state index in [4.69, 9.17) is 0 Å². The van der Waals surface area contributed by atoms with Gasteiger partial charge in [0, 0.05) is 16.1 Å². The molecule has 1 atom stereocenters. The van der Waals surface area contributed by atoms with Crippen molar-refractivity contribution in [1.82, 2.24) is 0 Å². The molecule has 0 bridgehead atoms. The van der Waals surface area contributed by atoms with Crippen molar-refractivity contribution in [2.45, 2.75) is 23.1 Å². The smallest absolute Gasteiger partial charge is 0.127 e. The van der Waals surface area contributed by atoms with Crippen LogP contribution in [0, 0.1) is 0 Å². The zero-order valence-corrected chi connectivity index (χ0v) is 9.81. The molecule has 0 aliphatic carbocycles. The maximum atomic E-state index is 10.6. The first-order valence-electron chi connectivity index (χ1n) is 4.02. The van der Waals surface area contributed by atoms with E-state index in [-0.39, 0.29) is 5.92 Å². The molecule has 70 valence electrons. The van der Waals surface area contributed by atoms with E-state index < -0.39 is 0 Å². The van der Waals surface area contributed by atoms with E-state index >= 15 is 0 Å². The van der Waals surface area contributed by atoms with Crippen molar-refractivity contribution >= 4 is 34.8 Å². The second-order valence-electron chi connectivity index (χ2n) is 2.94. The van der Waals surface area contributed by atoms with Gasteiger partial charge in [-0.15, -0.1) is 12.6 Å². The lowest BCUT2D eigenvalue weighted by molar-refractivity contribution is -0.108. The van der Waals surface area contributed by atoms with Gasteiger partial charge in [0.25, 0.3) is 0 Å². The van der Waals surface area contributed by atoms with Gasteiger partial charge >= 0.3 is 0 Å². The minimum Gasteiger partial charge on any atom is -0.303 e. The van der Waals surface area contributed by atoms with Crippen molar-refractivity contribution < 1.29 is 4.79 Å². The van der Waals surface area contributed by atoms with Crippen molar-refractivity contribution in [3.05, 3.63) is 29.3 Å². The molecule has 0 heterocycles. The van der Waals surface area contributed by atoms with Crippen molar-refractivity contribution in [2.75, 3.05) is 0 Å². The number of thiol groups is 1. The largest absolute Gasteiger partial charge is 0.303 e. The van der Waals surface area contributed by atoms with Gasteiger partial charge in [0.1, 0.15) is 6.29 Å². The first kappa shape index (κ1) is 10.8. The zero-order valence-electron chi connectivity index (χ0n) is 7.33. The molecule has 1 aromatic carbocycles. The fourth-order valence-electron chi connectivity index (χ4n) is 1.20. The van der Waals surface area contributed by atoms with Crippen LogP contribution in [0.4, 0.5) is 0 Å². The van der Waals surface area contributed by atoms with E-state index in [2.05, 4.69) is 28.6 Å². The van der Waals surface area contributed by atoms with Gasteiger partial charge in [0.2, 0.25) is 0 Å². The van der Waals surface area contributed by atoms with E-state index in [1.54, 1.807) is 0 Å². The van der Waals surface area contributed by atoms with Crippen LogP contribution in [0.5, 0.6) is 0 Å². The Bertz CT molecular complexity index is 312. The molecule has 0 saturated carbocycles. The monoisotopic (exact) mass is 258 g/mol. The molecule has 13 heavy (non-hydrogen) atoms. The number of rotatable bonds is 3. The van der Waals surface area contributed by atoms with Crippen LogP contribution >= 0.6 is 28.6 Å². The number of aldehydes is 1. The normalized spacial score (nSPS) is 12.5.